The number of nitrogen functional groups attached to an aromatic ring is 1. The summed E-state index contributed by atoms with van der Waals surface area (Å²) in [4.78, 5) is 12.5. The topological polar surface area (TPSA) is 89.9 Å². The number of hydrogen-bond acceptors (Lipinski definition) is 5. The third-order valence-electron chi connectivity index (χ3n) is 3.46. The standard InChI is InChI=1S/C12H15N5O/c13-11-10-12(15-6-14-11)17(7-16-10)9-3-1-2-8(9)4-5-18/h1-2,6-9,18H,3-5H2,(H2,13,14,15)/t8-,9-/m1/s1. The largest absolute Gasteiger partial charge is 0.396 e. The van der Waals surface area contributed by atoms with Gasteiger partial charge in [-0.25, -0.2) is 15.0 Å². The van der Waals surface area contributed by atoms with Crippen LogP contribution in [0.25, 0.3) is 11.2 Å². The van der Waals surface area contributed by atoms with E-state index in [1.807, 2.05) is 4.57 Å². The molecule has 1 aliphatic rings. The summed E-state index contributed by atoms with van der Waals surface area (Å²) >= 11 is 0. The monoisotopic (exact) mass is 245 g/mol. The summed E-state index contributed by atoms with van der Waals surface area (Å²) in [5.74, 6) is 0.729. The lowest BCUT2D eigenvalue weighted by atomic mass is 10.00. The van der Waals surface area contributed by atoms with Crippen LogP contribution in [-0.2, 0) is 0 Å². The molecular weight excluding hydrogens is 230 g/mol. The molecule has 0 saturated heterocycles. The first kappa shape index (κ1) is 11.2. The fourth-order valence-electron chi connectivity index (χ4n) is 2.57. The van der Waals surface area contributed by atoms with Crippen molar-refractivity contribution in [1.29, 1.82) is 0 Å². The van der Waals surface area contributed by atoms with E-state index in [4.69, 9.17) is 10.8 Å². The van der Waals surface area contributed by atoms with Gasteiger partial charge in [-0.2, -0.15) is 0 Å². The zero-order valence-electron chi connectivity index (χ0n) is 9.90. The summed E-state index contributed by atoms with van der Waals surface area (Å²) in [5.41, 5.74) is 7.19. The number of allylic oxidation sites excluding steroid dienone is 2. The van der Waals surface area contributed by atoms with E-state index in [-0.39, 0.29) is 12.6 Å². The van der Waals surface area contributed by atoms with E-state index >= 15 is 0 Å². The maximum Gasteiger partial charge on any atom is 0.165 e. The molecule has 2 heterocycles. The predicted molar refractivity (Wildman–Crippen MR) is 67.7 cm³/mol. The molecule has 0 aromatic carbocycles. The van der Waals surface area contributed by atoms with Crippen molar-refractivity contribution in [1.82, 2.24) is 19.5 Å². The van der Waals surface area contributed by atoms with Crippen LogP contribution in [0.5, 0.6) is 0 Å². The van der Waals surface area contributed by atoms with Crippen molar-refractivity contribution in [3.63, 3.8) is 0 Å². The first-order chi connectivity index (χ1) is 8.81. The van der Waals surface area contributed by atoms with Gasteiger partial charge in [-0.1, -0.05) is 12.2 Å². The van der Waals surface area contributed by atoms with Gasteiger partial charge in [0.1, 0.15) is 11.8 Å². The first-order valence-electron chi connectivity index (χ1n) is 6.02. The molecule has 0 aliphatic heterocycles. The van der Waals surface area contributed by atoms with Gasteiger partial charge in [0.2, 0.25) is 0 Å². The summed E-state index contributed by atoms with van der Waals surface area (Å²) in [6.07, 6.45) is 9.19. The van der Waals surface area contributed by atoms with Crippen LogP contribution < -0.4 is 5.73 Å². The molecule has 1 aliphatic carbocycles. The van der Waals surface area contributed by atoms with Crippen LogP contribution in [0.3, 0.4) is 0 Å². The minimum atomic E-state index is 0.190. The molecule has 0 fully saturated rings. The Hall–Kier alpha value is -1.95. The third kappa shape index (κ3) is 1.65. The normalized spacial score (nSPS) is 22.9. The van der Waals surface area contributed by atoms with Crippen molar-refractivity contribution in [3.8, 4) is 0 Å². The van der Waals surface area contributed by atoms with E-state index in [0.717, 1.165) is 18.5 Å². The predicted octanol–water partition coefficient (Wildman–Crippen LogP) is 0.908. The van der Waals surface area contributed by atoms with Crippen LogP contribution in [-0.4, -0.2) is 31.2 Å². The highest BCUT2D eigenvalue weighted by Gasteiger charge is 2.25. The molecule has 0 spiro atoms. The van der Waals surface area contributed by atoms with Crippen molar-refractivity contribution in [3.05, 3.63) is 24.8 Å². The first-order valence-corrected chi connectivity index (χ1v) is 6.02. The van der Waals surface area contributed by atoms with Gasteiger partial charge in [-0.3, -0.25) is 0 Å². The molecular formula is C12H15N5O. The van der Waals surface area contributed by atoms with E-state index in [0.29, 0.717) is 17.3 Å². The van der Waals surface area contributed by atoms with Gasteiger partial charge in [0.05, 0.1) is 6.33 Å². The van der Waals surface area contributed by atoms with Gasteiger partial charge in [0, 0.05) is 18.6 Å². The number of imidazole rings is 1. The molecule has 3 rings (SSSR count). The van der Waals surface area contributed by atoms with Crippen molar-refractivity contribution >= 4 is 17.0 Å². The lowest BCUT2D eigenvalue weighted by Gasteiger charge is -2.20. The Bertz CT molecular complexity index is 591. The number of aromatic nitrogens is 4. The van der Waals surface area contributed by atoms with E-state index in [1.54, 1.807) is 6.33 Å². The molecule has 2 aromatic heterocycles. The number of aliphatic hydroxyl groups excluding tert-OH is 1. The quantitative estimate of drug-likeness (QED) is 0.784. The van der Waals surface area contributed by atoms with Crippen molar-refractivity contribution in [2.45, 2.75) is 18.9 Å². The summed E-state index contributed by atoms with van der Waals surface area (Å²) in [6, 6.07) is 0.261. The van der Waals surface area contributed by atoms with Crippen molar-refractivity contribution in [2.24, 2.45) is 5.92 Å². The fourth-order valence-corrected chi connectivity index (χ4v) is 2.57. The lowest BCUT2D eigenvalue weighted by Crippen LogP contribution is -2.15. The lowest BCUT2D eigenvalue weighted by molar-refractivity contribution is 0.250. The number of aliphatic hydroxyl groups is 1. The molecule has 0 bridgehead atoms. The van der Waals surface area contributed by atoms with Gasteiger partial charge in [-0.05, 0) is 12.8 Å². The summed E-state index contributed by atoms with van der Waals surface area (Å²) in [7, 11) is 0. The van der Waals surface area contributed by atoms with E-state index in [9.17, 15) is 0 Å². The molecule has 0 amide bonds. The van der Waals surface area contributed by atoms with Gasteiger partial charge >= 0.3 is 0 Å². The van der Waals surface area contributed by atoms with Crippen LogP contribution >= 0.6 is 0 Å². The maximum absolute atomic E-state index is 9.09. The van der Waals surface area contributed by atoms with Gasteiger partial charge in [0.15, 0.2) is 11.5 Å². The number of anilines is 1. The molecule has 0 saturated carbocycles. The molecule has 2 atom stereocenters. The SMILES string of the molecule is Nc1ncnc2c1ncn2[C@@H]1CC=C[C@@H]1CCO. The van der Waals surface area contributed by atoms with Crippen molar-refractivity contribution in [2.75, 3.05) is 12.3 Å². The second kappa shape index (κ2) is 4.38. The Balaban J connectivity index is 2.02. The third-order valence-corrected chi connectivity index (χ3v) is 3.46. The Kier molecular flexibility index (Phi) is 2.71. The van der Waals surface area contributed by atoms with E-state index < -0.39 is 0 Å². The Morgan fingerprint density at radius 3 is 3.11 bits per heavy atom. The number of fused-ring (bicyclic) bond motifs is 1. The highest BCUT2D eigenvalue weighted by atomic mass is 16.3. The van der Waals surface area contributed by atoms with Crippen LogP contribution in [0, 0.1) is 5.92 Å². The molecule has 6 heteroatoms. The van der Waals surface area contributed by atoms with Gasteiger partial charge < -0.3 is 15.4 Å². The van der Waals surface area contributed by atoms with Gasteiger partial charge in [-0.15, -0.1) is 0 Å². The fraction of sp³-hybridized carbons (Fsp3) is 0.417. The molecule has 0 radical (unpaired) electrons. The molecule has 3 N–H and O–H groups in total. The molecule has 2 aromatic rings. The maximum atomic E-state index is 9.09. The minimum Gasteiger partial charge on any atom is -0.396 e. The van der Waals surface area contributed by atoms with Crippen LogP contribution in [0.1, 0.15) is 18.9 Å². The molecule has 94 valence electrons. The minimum absolute atomic E-state index is 0.190. The summed E-state index contributed by atoms with van der Waals surface area (Å²) < 4.78 is 2.04. The highest BCUT2D eigenvalue weighted by molar-refractivity contribution is 5.81. The molecule has 18 heavy (non-hydrogen) atoms. The molecule has 6 nitrogen and oxygen atoms in total. The zero-order chi connectivity index (χ0) is 12.5. The van der Waals surface area contributed by atoms with Gasteiger partial charge in [0.25, 0.3) is 0 Å². The summed E-state index contributed by atoms with van der Waals surface area (Å²) in [5, 5.41) is 9.09. The van der Waals surface area contributed by atoms with E-state index in [2.05, 4.69) is 27.1 Å². The smallest absolute Gasteiger partial charge is 0.165 e. The number of nitrogens with zero attached hydrogens (tertiary/aromatic N) is 4. The number of rotatable bonds is 3. The van der Waals surface area contributed by atoms with Crippen molar-refractivity contribution < 1.29 is 5.11 Å². The zero-order valence-corrected chi connectivity index (χ0v) is 9.90. The average Bonchev–Trinajstić information content (AvgIpc) is 2.96. The van der Waals surface area contributed by atoms with Crippen LogP contribution in [0.4, 0.5) is 5.82 Å². The summed E-state index contributed by atoms with van der Waals surface area (Å²) in [6.45, 7) is 0.190. The Morgan fingerprint density at radius 2 is 2.28 bits per heavy atom. The van der Waals surface area contributed by atoms with Crippen LogP contribution in [0.15, 0.2) is 24.8 Å². The number of hydrogen-bond donors (Lipinski definition) is 2. The second-order valence-electron chi connectivity index (χ2n) is 4.49. The van der Waals surface area contributed by atoms with E-state index in [1.165, 1.54) is 6.33 Å². The van der Waals surface area contributed by atoms with Crippen LogP contribution in [0.2, 0.25) is 0 Å². The average molecular weight is 245 g/mol. The highest BCUT2D eigenvalue weighted by Crippen LogP contribution is 2.34. The Morgan fingerprint density at radius 1 is 1.39 bits per heavy atom. The Labute approximate surface area is 104 Å². The molecule has 0 unspecified atom stereocenters. The number of nitrogens with two attached hydrogens (primary N) is 1. The second-order valence-corrected chi connectivity index (χ2v) is 4.49.